The maximum atomic E-state index is 11.9. The molecule has 2 aromatic rings. The van der Waals surface area contributed by atoms with Crippen LogP contribution in [0.25, 0.3) is 10.9 Å². The average Bonchev–Trinajstić information content (AvgIpc) is 3.24. The van der Waals surface area contributed by atoms with Crippen molar-refractivity contribution >= 4 is 34.4 Å². The van der Waals surface area contributed by atoms with Crippen LogP contribution in [0.4, 0.5) is 5.69 Å². The van der Waals surface area contributed by atoms with Gasteiger partial charge in [0.2, 0.25) is 5.91 Å². The Kier molecular flexibility index (Phi) is 5.22. The zero-order chi connectivity index (χ0) is 18.7. The number of nitrogens with zero attached hydrogens (tertiary/aromatic N) is 1. The number of rotatable bonds is 7. The fourth-order valence-corrected chi connectivity index (χ4v) is 3.38. The van der Waals surface area contributed by atoms with E-state index in [0.29, 0.717) is 11.3 Å². The molecule has 0 aliphatic carbocycles. The van der Waals surface area contributed by atoms with Crippen molar-refractivity contribution in [2.24, 2.45) is 0 Å². The Morgan fingerprint density at radius 3 is 2.54 bits per heavy atom. The number of fused-ring (bicyclic) bond motifs is 1. The van der Waals surface area contributed by atoms with Crippen molar-refractivity contribution < 1.29 is 24.6 Å². The number of likely N-dealkylation sites (tertiary alicyclic amines) is 1. The van der Waals surface area contributed by atoms with Crippen molar-refractivity contribution in [3.63, 3.8) is 0 Å². The van der Waals surface area contributed by atoms with E-state index in [1.807, 2.05) is 4.90 Å². The van der Waals surface area contributed by atoms with Crippen LogP contribution in [0.5, 0.6) is 0 Å². The number of carboxylic acids is 2. The first-order chi connectivity index (χ1) is 12.5. The summed E-state index contributed by atoms with van der Waals surface area (Å²) in [6.07, 6.45) is 3.32. The summed E-state index contributed by atoms with van der Waals surface area (Å²) in [5, 5.41) is 21.8. The summed E-state index contributed by atoms with van der Waals surface area (Å²) < 4.78 is 0. The molecular formula is C18H21N3O5. The normalized spacial score (nSPS) is 15.8. The van der Waals surface area contributed by atoms with Gasteiger partial charge in [0.1, 0.15) is 6.04 Å². The van der Waals surface area contributed by atoms with Gasteiger partial charge in [-0.05, 0) is 44.1 Å². The lowest BCUT2D eigenvalue weighted by molar-refractivity contribution is -0.143. The summed E-state index contributed by atoms with van der Waals surface area (Å²) in [6, 6.07) is 4.47. The number of carboxylic acid groups (broad SMARTS) is 2. The van der Waals surface area contributed by atoms with Crippen LogP contribution in [-0.4, -0.2) is 51.0 Å². The van der Waals surface area contributed by atoms with Gasteiger partial charge < -0.3 is 20.5 Å². The van der Waals surface area contributed by atoms with Crippen molar-refractivity contribution in [2.45, 2.75) is 31.7 Å². The summed E-state index contributed by atoms with van der Waals surface area (Å²) in [5.41, 5.74) is 1.96. The molecule has 1 saturated heterocycles. The molecule has 0 spiro atoms. The van der Waals surface area contributed by atoms with E-state index in [4.69, 9.17) is 5.11 Å². The molecule has 0 saturated carbocycles. The van der Waals surface area contributed by atoms with Gasteiger partial charge in [0, 0.05) is 34.8 Å². The largest absolute Gasteiger partial charge is 0.481 e. The van der Waals surface area contributed by atoms with E-state index < -0.39 is 23.9 Å². The van der Waals surface area contributed by atoms with Gasteiger partial charge in [-0.15, -0.1) is 0 Å². The molecule has 2 heterocycles. The summed E-state index contributed by atoms with van der Waals surface area (Å²) in [6.45, 7) is 1.49. The molecule has 1 aromatic carbocycles. The quantitative estimate of drug-likeness (QED) is 0.601. The third kappa shape index (κ3) is 3.85. The molecule has 3 rings (SSSR count). The van der Waals surface area contributed by atoms with Crippen LogP contribution in [0.15, 0.2) is 24.4 Å². The van der Waals surface area contributed by atoms with E-state index in [1.54, 1.807) is 24.4 Å². The monoisotopic (exact) mass is 359 g/mol. The van der Waals surface area contributed by atoms with E-state index in [-0.39, 0.29) is 12.8 Å². The minimum absolute atomic E-state index is 0.112. The fourth-order valence-electron chi connectivity index (χ4n) is 3.38. The molecule has 8 heteroatoms. The maximum absolute atomic E-state index is 11.9. The van der Waals surface area contributed by atoms with Crippen molar-refractivity contribution in [3.8, 4) is 0 Å². The van der Waals surface area contributed by atoms with E-state index in [2.05, 4.69) is 10.3 Å². The molecule has 1 aliphatic rings. The Morgan fingerprint density at radius 1 is 1.15 bits per heavy atom. The van der Waals surface area contributed by atoms with Crippen molar-refractivity contribution in [1.29, 1.82) is 0 Å². The van der Waals surface area contributed by atoms with Crippen LogP contribution in [0.1, 0.15) is 37.3 Å². The minimum atomic E-state index is -1.03. The van der Waals surface area contributed by atoms with Gasteiger partial charge in [-0.25, -0.2) is 0 Å². The zero-order valence-electron chi connectivity index (χ0n) is 14.2. The molecule has 1 amide bonds. The molecule has 26 heavy (non-hydrogen) atoms. The lowest BCUT2D eigenvalue weighted by atomic mass is 10.0. The van der Waals surface area contributed by atoms with Gasteiger partial charge in [-0.3, -0.25) is 19.3 Å². The number of amides is 1. The number of benzene rings is 1. The number of hydrogen-bond donors (Lipinski definition) is 4. The molecule has 1 aromatic heterocycles. The lowest BCUT2D eigenvalue weighted by Crippen LogP contribution is -2.31. The molecule has 1 atom stereocenters. The second-order valence-corrected chi connectivity index (χ2v) is 6.43. The highest BCUT2D eigenvalue weighted by atomic mass is 16.4. The molecule has 1 aliphatic heterocycles. The minimum Gasteiger partial charge on any atom is -0.481 e. The van der Waals surface area contributed by atoms with E-state index in [1.165, 1.54) is 0 Å². The third-order valence-corrected chi connectivity index (χ3v) is 4.60. The number of carbonyl (C=O) groups is 3. The van der Waals surface area contributed by atoms with Crippen molar-refractivity contribution in [3.05, 3.63) is 30.0 Å². The maximum Gasteiger partial charge on any atom is 0.325 e. The molecule has 138 valence electrons. The third-order valence-electron chi connectivity index (χ3n) is 4.60. The van der Waals surface area contributed by atoms with Gasteiger partial charge in [0.15, 0.2) is 0 Å². The second-order valence-electron chi connectivity index (χ2n) is 6.43. The molecule has 8 nitrogen and oxygen atoms in total. The Labute approximate surface area is 149 Å². The number of aliphatic carboxylic acids is 2. The summed E-state index contributed by atoms with van der Waals surface area (Å²) in [5.74, 6) is -2.32. The fraction of sp³-hybridized carbons (Fsp3) is 0.389. The lowest BCUT2D eigenvalue weighted by Gasteiger charge is -2.23. The summed E-state index contributed by atoms with van der Waals surface area (Å²) in [4.78, 5) is 39.3. The van der Waals surface area contributed by atoms with Crippen molar-refractivity contribution in [2.75, 3.05) is 18.4 Å². The standard InChI is InChI=1S/C18H21N3O5/c22-15(5-6-16(23)24)20-11-3-4-14-12(9-11)13(10-19-14)17(18(25)26)21-7-1-2-8-21/h3-4,9-10,17,19H,1-2,5-8H2,(H,20,22)(H,23,24)(H,25,26). The SMILES string of the molecule is O=C(O)CCC(=O)Nc1ccc2[nH]cc(C(C(=O)O)N3CCCC3)c2c1. The van der Waals surface area contributed by atoms with Crippen molar-refractivity contribution in [1.82, 2.24) is 9.88 Å². The Bertz CT molecular complexity index is 838. The smallest absolute Gasteiger partial charge is 0.325 e. The number of carbonyl (C=O) groups excluding carboxylic acids is 1. The van der Waals surface area contributed by atoms with Gasteiger partial charge in [-0.2, -0.15) is 0 Å². The van der Waals surface area contributed by atoms with Gasteiger partial charge in [0.05, 0.1) is 6.42 Å². The van der Waals surface area contributed by atoms with Gasteiger partial charge >= 0.3 is 11.9 Å². The van der Waals surface area contributed by atoms with Crippen LogP contribution in [0.2, 0.25) is 0 Å². The highest BCUT2D eigenvalue weighted by Crippen LogP contribution is 2.32. The second kappa shape index (κ2) is 7.57. The number of nitrogens with one attached hydrogen (secondary N) is 2. The molecule has 0 radical (unpaired) electrons. The molecule has 4 N–H and O–H groups in total. The highest BCUT2D eigenvalue weighted by molar-refractivity contribution is 5.96. The number of aromatic amines is 1. The Morgan fingerprint density at radius 2 is 1.88 bits per heavy atom. The van der Waals surface area contributed by atoms with E-state index in [0.717, 1.165) is 36.8 Å². The number of hydrogen-bond acceptors (Lipinski definition) is 4. The van der Waals surface area contributed by atoms with Crippen LogP contribution >= 0.6 is 0 Å². The van der Waals surface area contributed by atoms with E-state index in [9.17, 15) is 19.5 Å². The summed E-state index contributed by atoms with van der Waals surface area (Å²) >= 11 is 0. The van der Waals surface area contributed by atoms with Crippen LogP contribution in [-0.2, 0) is 14.4 Å². The molecular weight excluding hydrogens is 338 g/mol. The van der Waals surface area contributed by atoms with Gasteiger partial charge in [0.25, 0.3) is 0 Å². The number of anilines is 1. The predicted octanol–water partition coefficient (Wildman–Crippen LogP) is 2.19. The molecule has 1 fully saturated rings. The highest BCUT2D eigenvalue weighted by Gasteiger charge is 2.31. The summed E-state index contributed by atoms with van der Waals surface area (Å²) in [7, 11) is 0. The van der Waals surface area contributed by atoms with Crippen LogP contribution in [0.3, 0.4) is 0 Å². The number of H-pyrrole nitrogens is 1. The molecule has 1 unspecified atom stereocenters. The zero-order valence-corrected chi connectivity index (χ0v) is 14.2. The van der Waals surface area contributed by atoms with E-state index >= 15 is 0 Å². The Balaban J connectivity index is 1.86. The molecule has 0 bridgehead atoms. The predicted molar refractivity (Wildman–Crippen MR) is 95.0 cm³/mol. The first kappa shape index (κ1) is 17.9. The Hall–Kier alpha value is -2.87. The first-order valence-electron chi connectivity index (χ1n) is 8.55. The average molecular weight is 359 g/mol. The topological polar surface area (TPSA) is 123 Å². The number of aromatic nitrogens is 1. The van der Waals surface area contributed by atoms with Crippen LogP contribution < -0.4 is 5.32 Å². The van der Waals surface area contributed by atoms with Crippen LogP contribution in [0, 0.1) is 0 Å². The first-order valence-corrected chi connectivity index (χ1v) is 8.55. The van der Waals surface area contributed by atoms with Gasteiger partial charge in [-0.1, -0.05) is 0 Å².